The van der Waals surface area contributed by atoms with Crippen LogP contribution in [0.1, 0.15) is 65.2 Å². The van der Waals surface area contributed by atoms with Gasteiger partial charge in [-0.05, 0) is 39.0 Å². The van der Waals surface area contributed by atoms with E-state index in [-0.39, 0.29) is 0 Å². The Morgan fingerprint density at radius 2 is 1.74 bits per heavy atom. The minimum atomic E-state index is 0.444. The van der Waals surface area contributed by atoms with E-state index >= 15 is 0 Å². The molecule has 2 radical (unpaired) electrons. The highest BCUT2D eigenvalue weighted by atomic mass is 32.1. The normalized spacial score (nSPS) is 34.2. The van der Waals surface area contributed by atoms with Gasteiger partial charge in [-0.25, -0.2) is 0 Å². The summed E-state index contributed by atoms with van der Waals surface area (Å²) in [4.78, 5) is 3.73. The first-order valence-corrected chi connectivity index (χ1v) is 8.56. The summed E-state index contributed by atoms with van der Waals surface area (Å²) < 4.78 is 0. The Kier molecular flexibility index (Phi) is 5.74. The number of hydrogen-bond acceptors (Lipinski definition) is 1. The van der Waals surface area contributed by atoms with Crippen LogP contribution in [0.5, 0.6) is 0 Å². The van der Waals surface area contributed by atoms with E-state index in [1.54, 1.807) is 0 Å². The standard InChI is InChI=1S/C16H28BNS/c1-12(2)18-11-10-13-6-5-8-14(17)7-3-4-9-15(13)16(18)19/h12-15H,3-11H2,1-2H3. The van der Waals surface area contributed by atoms with Gasteiger partial charge in [-0.15, -0.1) is 0 Å². The van der Waals surface area contributed by atoms with E-state index in [2.05, 4.69) is 18.7 Å². The molecule has 0 amide bonds. The van der Waals surface area contributed by atoms with E-state index < -0.39 is 0 Å². The first-order chi connectivity index (χ1) is 9.09. The van der Waals surface area contributed by atoms with Crippen LogP contribution >= 0.6 is 12.2 Å². The molecule has 2 fully saturated rings. The van der Waals surface area contributed by atoms with Gasteiger partial charge in [0.25, 0.3) is 0 Å². The van der Waals surface area contributed by atoms with Gasteiger partial charge in [0.2, 0.25) is 0 Å². The fourth-order valence-corrected chi connectivity index (χ4v) is 4.42. The molecule has 2 aliphatic rings. The maximum atomic E-state index is 6.15. The number of likely N-dealkylation sites (tertiary alicyclic amines) is 1. The Hall–Kier alpha value is -0.0451. The van der Waals surface area contributed by atoms with Crippen molar-refractivity contribution >= 4 is 25.1 Å². The van der Waals surface area contributed by atoms with Crippen LogP contribution < -0.4 is 0 Å². The van der Waals surface area contributed by atoms with E-state index in [4.69, 9.17) is 20.1 Å². The number of fused-ring (bicyclic) bond motifs is 1. The van der Waals surface area contributed by atoms with Gasteiger partial charge < -0.3 is 4.90 Å². The molecular weight excluding hydrogens is 249 g/mol. The van der Waals surface area contributed by atoms with Crippen LogP contribution in [0.15, 0.2) is 0 Å². The summed E-state index contributed by atoms with van der Waals surface area (Å²) in [6.45, 7) is 5.71. The average molecular weight is 277 g/mol. The van der Waals surface area contributed by atoms with E-state index in [0.717, 1.165) is 5.92 Å². The number of nitrogens with zero attached hydrogens (tertiary/aromatic N) is 1. The van der Waals surface area contributed by atoms with Gasteiger partial charge >= 0.3 is 0 Å². The Morgan fingerprint density at radius 3 is 2.47 bits per heavy atom. The highest BCUT2D eigenvalue weighted by Crippen LogP contribution is 2.36. The molecule has 0 N–H and O–H groups in total. The first kappa shape index (κ1) is 15.3. The molecule has 3 atom stereocenters. The summed E-state index contributed by atoms with van der Waals surface area (Å²) in [6.07, 6.45) is 10.3. The van der Waals surface area contributed by atoms with Gasteiger partial charge in [0.15, 0.2) is 0 Å². The van der Waals surface area contributed by atoms with Crippen LogP contribution in [0.2, 0.25) is 5.82 Å². The minimum absolute atomic E-state index is 0.444. The van der Waals surface area contributed by atoms with Gasteiger partial charge in [0.05, 0.1) is 12.8 Å². The Labute approximate surface area is 125 Å². The zero-order valence-electron chi connectivity index (χ0n) is 12.6. The zero-order valence-corrected chi connectivity index (χ0v) is 13.4. The van der Waals surface area contributed by atoms with E-state index in [0.29, 0.717) is 17.8 Å². The number of rotatable bonds is 1. The van der Waals surface area contributed by atoms with E-state index in [1.165, 1.54) is 62.9 Å². The van der Waals surface area contributed by atoms with Gasteiger partial charge in [0.1, 0.15) is 0 Å². The summed E-state index contributed by atoms with van der Waals surface area (Å²) in [5.74, 6) is 1.94. The van der Waals surface area contributed by atoms with Gasteiger partial charge in [-0.2, -0.15) is 0 Å². The van der Waals surface area contributed by atoms with Crippen LogP contribution in [0, 0.1) is 11.8 Å². The van der Waals surface area contributed by atoms with Crippen LogP contribution in [0.3, 0.4) is 0 Å². The highest BCUT2D eigenvalue weighted by molar-refractivity contribution is 7.80. The second kappa shape index (κ2) is 7.10. The molecule has 1 saturated heterocycles. The van der Waals surface area contributed by atoms with Crippen molar-refractivity contribution in [3.8, 4) is 0 Å². The van der Waals surface area contributed by atoms with Crippen LogP contribution in [0.4, 0.5) is 0 Å². The Balaban J connectivity index is 2.01. The summed E-state index contributed by atoms with van der Waals surface area (Å²) in [7, 11) is 6.15. The van der Waals surface area contributed by atoms with E-state index in [9.17, 15) is 0 Å². The van der Waals surface area contributed by atoms with Gasteiger partial charge in [0, 0.05) is 18.5 Å². The molecule has 0 aromatic rings. The van der Waals surface area contributed by atoms with Crippen molar-refractivity contribution in [2.45, 2.75) is 77.1 Å². The summed E-state index contributed by atoms with van der Waals surface area (Å²) in [5, 5.41) is 0. The summed E-state index contributed by atoms with van der Waals surface area (Å²) >= 11 is 5.81. The van der Waals surface area contributed by atoms with Crippen molar-refractivity contribution in [3.05, 3.63) is 0 Å². The van der Waals surface area contributed by atoms with Gasteiger partial charge in [-0.1, -0.05) is 50.1 Å². The third kappa shape index (κ3) is 3.96. The highest BCUT2D eigenvalue weighted by Gasteiger charge is 2.33. The predicted molar refractivity (Wildman–Crippen MR) is 87.9 cm³/mol. The lowest BCUT2D eigenvalue weighted by molar-refractivity contribution is 0.208. The van der Waals surface area contributed by atoms with Crippen LogP contribution in [-0.4, -0.2) is 30.3 Å². The lowest BCUT2D eigenvalue weighted by atomic mass is 9.73. The van der Waals surface area contributed by atoms with Crippen molar-refractivity contribution in [1.29, 1.82) is 0 Å². The second-order valence-corrected chi connectivity index (χ2v) is 7.17. The topological polar surface area (TPSA) is 3.24 Å². The molecule has 3 unspecified atom stereocenters. The number of hydrogen-bond donors (Lipinski definition) is 0. The zero-order chi connectivity index (χ0) is 13.8. The Bertz CT molecular complexity index is 303. The SMILES string of the molecule is [B]C1CCCCC2C(=S)N(C(C)C)CCC2CCC1. The predicted octanol–water partition coefficient (Wildman–Crippen LogP) is 4.36. The molecular formula is C16H28BNS. The number of thiocarbonyl (C=S) groups is 1. The van der Waals surface area contributed by atoms with Crippen molar-refractivity contribution in [1.82, 2.24) is 4.90 Å². The lowest BCUT2D eigenvalue weighted by Gasteiger charge is -2.43. The molecule has 3 heteroatoms. The smallest absolute Gasteiger partial charge is 0.0815 e. The van der Waals surface area contributed by atoms with Crippen LogP contribution in [0.25, 0.3) is 0 Å². The van der Waals surface area contributed by atoms with Crippen molar-refractivity contribution in [2.24, 2.45) is 11.8 Å². The fraction of sp³-hybridized carbons (Fsp3) is 0.938. The molecule has 0 bridgehead atoms. The maximum Gasteiger partial charge on any atom is 0.0815 e. The molecule has 106 valence electrons. The van der Waals surface area contributed by atoms with Crippen molar-refractivity contribution in [3.63, 3.8) is 0 Å². The van der Waals surface area contributed by atoms with Crippen molar-refractivity contribution in [2.75, 3.05) is 6.54 Å². The Morgan fingerprint density at radius 1 is 1.05 bits per heavy atom. The minimum Gasteiger partial charge on any atom is -0.363 e. The third-order valence-corrected chi connectivity index (χ3v) is 5.56. The number of piperidine rings is 1. The molecule has 1 nitrogen and oxygen atoms in total. The third-order valence-electron chi connectivity index (χ3n) is 5.02. The van der Waals surface area contributed by atoms with Gasteiger partial charge in [-0.3, -0.25) is 0 Å². The molecule has 0 aromatic carbocycles. The molecule has 1 saturated carbocycles. The molecule has 0 aromatic heterocycles. The lowest BCUT2D eigenvalue weighted by Crippen LogP contribution is -2.47. The monoisotopic (exact) mass is 277 g/mol. The second-order valence-electron chi connectivity index (χ2n) is 6.76. The summed E-state index contributed by atoms with van der Waals surface area (Å²) in [6, 6.07) is 0.567. The van der Waals surface area contributed by atoms with Crippen LogP contribution in [-0.2, 0) is 0 Å². The fourth-order valence-electron chi connectivity index (χ4n) is 3.81. The maximum absolute atomic E-state index is 6.15. The molecule has 0 spiro atoms. The first-order valence-electron chi connectivity index (χ1n) is 8.15. The van der Waals surface area contributed by atoms with Crippen molar-refractivity contribution < 1.29 is 0 Å². The summed E-state index contributed by atoms with van der Waals surface area (Å²) in [5.41, 5.74) is 0. The quantitative estimate of drug-likeness (QED) is 0.517. The largest absolute Gasteiger partial charge is 0.363 e. The molecule has 1 aliphatic carbocycles. The molecule has 1 aliphatic heterocycles. The molecule has 1 heterocycles. The molecule has 19 heavy (non-hydrogen) atoms. The van der Waals surface area contributed by atoms with E-state index in [1.807, 2.05) is 0 Å². The molecule has 2 rings (SSSR count). The average Bonchev–Trinajstić information content (AvgIpc) is 2.36.